The van der Waals surface area contributed by atoms with Gasteiger partial charge in [-0.3, -0.25) is 4.40 Å². The van der Waals surface area contributed by atoms with E-state index in [0.29, 0.717) is 12.6 Å². The van der Waals surface area contributed by atoms with Crippen LogP contribution in [0, 0.1) is 5.92 Å². The molecule has 16 heavy (non-hydrogen) atoms. The van der Waals surface area contributed by atoms with Crippen LogP contribution in [-0.2, 0) is 0 Å². The molecule has 0 spiro atoms. The van der Waals surface area contributed by atoms with Gasteiger partial charge in [-0.25, -0.2) is 4.98 Å². The SMILES string of the molecule is NCC(Nc1cccc2nccn12)C1CC1. The fourth-order valence-electron chi connectivity index (χ4n) is 2.12. The zero-order valence-electron chi connectivity index (χ0n) is 9.13. The minimum Gasteiger partial charge on any atom is -0.367 e. The number of hydrogen-bond donors (Lipinski definition) is 2. The average molecular weight is 216 g/mol. The Hall–Kier alpha value is -1.55. The Kier molecular flexibility index (Phi) is 2.29. The number of imidazole rings is 1. The van der Waals surface area contributed by atoms with Crippen molar-refractivity contribution in [1.29, 1.82) is 0 Å². The largest absolute Gasteiger partial charge is 0.367 e. The maximum Gasteiger partial charge on any atom is 0.138 e. The number of nitrogens with two attached hydrogens (primary N) is 1. The second-order valence-electron chi connectivity index (χ2n) is 4.39. The Labute approximate surface area is 94.5 Å². The van der Waals surface area contributed by atoms with Gasteiger partial charge in [0.05, 0.1) is 0 Å². The molecule has 2 aromatic heterocycles. The minimum absolute atomic E-state index is 0.396. The van der Waals surface area contributed by atoms with Crippen LogP contribution in [-0.4, -0.2) is 22.0 Å². The van der Waals surface area contributed by atoms with Crippen LogP contribution in [0.4, 0.5) is 5.82 Å². The molecule has 0 bridgehead atoms. The molecule has 4 nitrogen and oxygen atoms in total. The van der Waals surface area contributed by atoms with E-state index in [1.54, 1.807) is 0 Å². The lowest BCUT2D eigenvalue weighted by molar-refractivity contribution is 0.641. The number of nitrogens with one attached hydrogen (secondary N) is 1. The molecular weight excluding hydrogens is 200 g/mol. The number of nitrogens with zero attached hydrogens (tertiary/aromatic N) is 2. The van der Waals surface area contributed by atoms with Crippen LogP contribution < -0.4 is 11.1 Å². The molecule has 0 aliphatic heterocycles. The first-order valence-electron chi connectivity index (χ1n) is 5.77. The van der Waals surface area contributed by atoms with Crippen LogP contribution in [0.2, 0.25) is 0 Å². The number of anilines is 1. The summed E-state index contributed by atoms with van der Waals surface area (Å²) in [6.07, 6.45) is 6.39. The molecule has 1 unspecified atom stereocenters. The molecule has 3 rings (SSSR count). The lowest BCUT2D eigenvalue weighted by Gasteiger charge is -2.18. The van der Waals surface area contributed by atoms with Crippen molar-refractivity contribution in [3.63, 3.8) is 0 Å². The van der Waals surface area contributed by atoms with Gasteiger partial charge in [-0.2, -0.15) is 0 Å². The van der Waals surface area contributed by atoms with Gasteiger partial charge in [-0.05, 0) is 30.9 Å². The molecule has 0 saturated heterocycles. The van der Waals surface area contributed by atoms with Gasteiger partial charge in [0.2, 0.25) is 0 Å². The molecule has 3 N–H and O–H groups in total. The van der Waals surface area contributed by atoms with Crippen molar-refractivity contribution in [2.24, 2.45) is 11.7 Å². The zero-order chi connectivity index (χ0) is 11.0. The van der Waals surface area contributed by atoms with E-state index in [1.807, 2.05) is 24.5 Å². The highest BCUT2D eigenvalue weighted by molar-refractivity contribution is 5.50. The summed E-state index contributed by atoms with van der Waals surface area (Å²) in [5, 5.41) is 3.52. The molecule has 2 heterocycles. The molecular formula is C12H16N4. The molecule has 1 aliphatic carbocycles. The maximum atomic E-state index is 5.79. The van der Waals surface area contributed by atoms with E-state index >= 15 is 0 Å². The van der Waals surface area contributed by atoms with Gasteiger partial charge in [0, 0.05) is 25.0 Å². The van der Waals surface area contributed by atoms with E-state index in [0.717, 1.165) is 17.4 Å². The first-order chi connectivity index (χ1) is 7.88. The fourth-order valence-corrected chi connectivity index (χ4v) is 2.12. The highest BCUT2D eigenvalue weighted by Gasteiger charge is 2.30. The van der Waals surface area contributed by atoms with Gasteiger partial charge in [0.1, 0.15) is 11.5 Å². The minimum atomic E-state index is 0.396. The summed E-state index contributed by atoms with van der Waals surface area (Å²) in [7, 11) is 0. The molecule has 0 amide bonds. The fraction of sp³-hybridized carbons (Fsp3) is 0.417. The predicted molar refractivity (Wildman–Crippen MR) is 64.4 cm³/mol. The zero-order valence-corrected chi connectivity index (χ0v) is 9.13. The molecule has 84 valence electrons. The topological polar surface area (TPSA) is 55.3 Å². The standard InChI is InChI=1S/C12H16N4/c13-8-10(9-4-5-9)15-12-3-1-2-11-14-6-7-16(11)12/h1-3,6-7,9-10,15H,4-5,8,13H2. The number of pyridine rings is 1. The van der Waals surface area contributed by atoms with Crippen molar-refractivity contribution >= 4 is 11.5 Å². The molecule has 2 aromatic rings. The van der Waals surface area contributed by atoms with Crippen LogP contribution in [0.3, 0.4) is 0 Å². The number of rotatable bonds is 4. The van der Waals surface area contributed by atoms with Crippen molar-refractivity contribution in [1.82, 2.24) is 9.38 Å². The van der Waals surface area contributed by atoms with Gasteiger partial charge in [0.15, 0.2) is 0 Å². The van der Waals surface area contributed by atoms with Crippen LogP contribution >= 0.6 is 0 Å². The first-order valence-corrected chi connectivity index (χ1v) is 5.77. The van der Waals surface area contributed by atoms with E-state index in [9.17, 15) is 0 Å². The summed E-state index contributed by atoms with van der Waals surface area (Å²) in [6, 6.07) is 6.48. The van der Waals surface area contributed by atoms with Crippen LogP contribution in [0.25, 0.3) is 5.65 Å². The highest BCUT2D eigenvalue weighted by Crippen LogP contribution is 2.33. The van der Waals surface area contributed by atoms with Gasteiger partial charge >= 0.3 is 0 Å². The molecule has 1 fully saturated rings. The number of aromatic nitrogens is 2. The Bertz CT molecular complexity index is 486. The van der Waals surface area contributed by atoms with Crippen molar-refractivity contribution < 1.29 is 0 Å². The van der Waals surface area contributed by atoms with E-state index < -0.39 is 0 Å². The van der Waals surface area contributed by atoms with Gasteiger partial charge < -0.3 is 11.1 Å². The van der Waals surface area contributed by atoms with E-state index in [1.165, 1.54) is 12.8 Å². The third kappa shape index (κ3) is 1.65. The van der Waals surface area contributed by atoms with Gasteiger partial charge in [-0.1, -0.05) is 6.07 Å². The summed E-state index contributed by atoms with van der Waals surface area (Å²) in [5.41, 5.74) is 6.76. The Morgan fingerprint density at radius 3 is 3.12 bits per heavy atom. The molecule has 1 atom stereocenters. The Morgan fingerprint density at radius 2 is 2.38 bits per heavy atom. The van der Waals surface area contributed by atoms with Crippen LogP contribution in [0.15, 0.2) is 30.6 Å². The first kappa shape index (κ1) is 9.66. The molecule has 0 radical (unpaired) electrons. The molecule has 1 saturated carbocycles. The van der Waals surface area contributed by atoms with Crippen molar-refractivity contribution in [2.45, 2.75) is 18.9 Å². The maximum absolute atomic E-state index is 5.79. The van der Waals surface area contributed by atoms with Gasteiger partial charge in [0.25, 0.3) is 0 Å². The Morgan fingerprint density at radius 1 is 1.50 bits per heavy atom. The lowest BCUT2D eigenvalue weighted by atomic mass is 10.2. The lowest BCUT2D eigenvalue weighted by Crippen LogP contribution is -2.31. The monoisotopic (exact) mass is 216 g/mol. The third-order valence-corrected chi connectivity index (χ3v) is 3.21. The van der Waals surface area contributed by atoms with Gasteiger partial charge in [-0.15, -0.1) is 0 Å². The summed E-state index contributed by atoms with van der Waals surface area (Å²) in [5.74, 6) is 1.83. The van der Waals surface area contributed by atoms with Crippen molar-refractivity contribution in [2.75, 3.05) is 11.9 Å². The summed E-state index contributed by atoms with van der Waals surface area (Å²) >= 11 is 0. The Balaban J connectivity index is 1.89. The van der Waals surface area contributed by atoms with E-state index in [-0.39, 0.29) is 0 Å². The van der Waals surface area contributed by atoms with Crippen molar-refractivity contribution in [3.05, 3.63) is 30.6 Å². The molecule has 4 heteroatoms. The average Bonchev–Trinajstić information content (AvgIpc) is 3.03. The van der Waals surface area contributed by atoms with Crippen LogP contribution in [0.5, 0.6) is 0 Å². The highest BCUT2D eigenvalue weighted by atomic mass is 15.1. The normalized spacial score (nSPS) is 17.6. The molecule has 0 aromatic carbocycles. The quantitative estimate of drug-likeness (QED) is 0.814. The summed E-state index contributed by atoms with van der Waals surface area (Å²) in [4.78, 5) is 4.26. The summed E-state index contributed by atoms with van der Waals surface area (Å²) in [6.45, 7) is 0.690. The van der Waals surface area contributed by atoms with Crippen LogP contribution in [0.1, 0.15) is 12.8 Å². The second-order valence-corrected chi connectivity index (χ2v) is 4.39. The smallest absolute Gasteiger partial charge is 0.138 e. The summed E-state index contributed by atoms with van der Waals surface area (Å²) < 4.78 is 2.06. The number of fused-ring (bicyclic) bond motifs is 1. The third-order valence-electron chi connectivity index (χ3n) is 3.21. The van der Waals surface area contributed by atoms with Crippen molar-refractivity contribution in [3.8, 4) is 0 Å². The van der Waals surface area contributed by atoms with E-state index in [4.69, 9.17) is 5.73 Å². The van der Waals surface area contributed by atoms with E-state index in [2.05, 4.69) is 20.8 Å². The number of hydrogen-bond acceptors (Lipinski definition) is 3. The predicted octanol–water partition coefficient (Wildman–Crippen LogP) is 1.48. The second kappa shape index (κ2) is 3.79. The molecule has 1 aliphatic rings.